The van der Waals surface area contributed by atoms with E-state index in [9.17, 15) is 0 Å². The van der Waals surface area contributed by atoms with Crippen LogP contribution in [0.25, 0.3) is 0 Å². The summed E-state index contributed by atoms with van der Waals surface area (Å²) in [5, 5.41) is 0. The van der Waals surface area contributed by atoms with Crippen molar-refractivity contribution < 1.29 is 14.2 Å². The Balaban J connectivity index is 2.03. The molecule has 0 aliphatic heterocycles. The van der Waals surface area contributed by atoms with Crippen molar-refractivity contribution in [3.63, 3.8) is 0 Å². The molecule has 0 saturated heterocycles. The maximum Gasteiger partial charge on any atom is 0.0988 e. The molecule has 17 heavy (non-hydrogen) atoms. The molecule has 1 fully saturated rings. The van der Waals surface area contributed by atoms with Crippen molar-refractivity contribution in [1.29, 1.82) is 0 Å². The van der Waals surface area contributed by atoms with E-state index >= 15 is 0 Å². The van der Waals surface area contributed by atoms with Gasteiger partial charge in [-0.1, -0.05) is 20.8 Å². The van der Waals surface area contributed by atoms with E-state index in [0.29, 0.717) is 19.1 Å². The van der Waals surface area contributed by atoms with E-state index in [2.05, 4.69) is 20.8 Å². The lowest BCUT2D eigenvalue weighted by Gasteiger charge is -2.41. The first-order valence-electron chi connectivity index (χ1n) is 6.71. The number of ether oxygens (including phenoxy) is 3. The molecule has 0 bridgehead atoms. The van der Waals surface area contributed by atoms with Gasteiger partial charge in [0.25, 0.3) is 0 Å². The first-order chi connectivity index (χ1) is 8.15. The molecule has 3 atom stereocenters. The molecule has 0 heterocycles. The molecule has 0 amide bonds. The molecule has 102 valence electrons. The molecule has 0 aromatic rings. The molecule has 1 aliphatic carbocycles. The lowest BCUT2D eigenvalue weighted by molar-refractivity contribution is -0.146. The molecule has 4 nitrogen and oxygen atoms in total. The molecule has 1 saturated carbocycles. The third kappa shape index (κ3) is 5.34. The van der Waals surface area contributed by atoms with Gasteiger partial charge in [-0.05, 0) is 18.8 Å². The number of rotatable bonds is 9. The highest BCUT2D eigenvalue weighted by Gasteiger charge is 2.40. The van der Waals surface area contributed by atoms with Crippen LogP contribution >= 0.6 is 0 Å². The molecule has 0 aromatic carbocycles. The van der Waals surface area contributed by atoms with Gasteiger partial charge in [0.1, 0.15) is 0 Å². The van der Waals surface area contributed by atoms with Gasteiger partial charge in [-0.25, -0.2) is 0 Å². The Morgan fingerprint density at radius 2 is 1.94 bits per heavy atom. The van der Waals surface area contributed by atoms with Crippen LogP contribution < -0.4 is 5.73 Å². The number of hydrogen-bond donors (Lipinski definition) is 1. The zero-order chi connectivity index (χ0) is 12.7. The minimum absolute atomic E-state index is 0.0834. The quantitative estimate of drug-likeness (QED) is 0.627. The summed E-state index contributed by atoms with van der Waals surface area (Å²) in [5.74, 6) is 0.577. The van der Waals surface area contributed by atoms with Gasteiger partial charge in [0.2, 0.25) is 0 Å². The van der Waals surface area contributed by atoms with Crippen LogP contribution in [0.2, 0.25) is 0 Å². The van der Waals surface area contributed by atoms with Crippen LogP contribution in [0.1, 0.15) is 33.6 Å². The van der Waals surface area contributed by atoms with E-state index in [1.165, 1.54) is 0 Å². The second kappa shape index (κ2) is 8.03. The fourth-order valence-electron chi connectivity index (χ4n) is 1.84. The third-order valence-electron chi connectivity index (χ3n) is 2.82. The SMILES string of the molecule is CCCOC1C(N)CC1OCCOCC(C)C. The molecular weight excluding hydrogens is 218 g/mol. The zero-order valence-electron chi connectivity index (χ0n) is 11.4. The standard InChI is InChI=1S/C13H27NO3/c1-4-5-17-13-11(14)8-12(13)16-7-6-15-9-10(2)3/h10-13H,4-9,14H2,1-3H3. The predicted molar refractivity (Wildman–Crippen MR) is 68.0 cm³/mol. The maximum atomic E-state index is 5.89. The van der Waals surface area contributed by atoms with Crippen LogP contribution in [0.15, 0.2) is 0 Å². The van der Waals surface area contributed by atoms with Crippen molar-refractivity contribution in [2.45, 2.75) is 51.9 Å². The van der Waals surface area contributed by atoms with Gasteiger partial charge in [0.15, 0.2) is 0 Å². The summed E-state index contributed by atoms with van der Waals surface area (Å²) in [7, 11) is 0. The molecule has 3 unspecified atom stereocenters. The molecule has 1 rings (SSSR count). The largest absolute Gasteiger partial charge is 0.379 e. The van der Waals surface area contributed by atoms with Crippen molar-refractivity contribution in [1.82, 2.24) is 0 Å². The summed E-state index contributed by atoms with van der Waals surface area (Å²) < 4.78 is 16.8. The van der Waals surface area contributed by atoms with E-state index < -0.39 is 0 Å². The topological polar surface area (TPSA) is 53.7 Å². The first-order valence-corrected chi connectivity index (χ1v) is 6.71. The molecule has 2 N–H and O–H groups in total. The van der Waals surface area contributed by atoms with E-state index in [1.807, 2.05) is 0 Å². The van der Waals surface area contributed by atoms with E-state index in [1.54, 1.807) is 0 Å². The number of nitrogens with two attached hydrogens (primary N) is 1. The van der Waals surface area contributed by atoms with Crippen molar-refractivity contribution in [2.75, 3.05) is 26.4 Å². The molecular formula is C13H27NO3. The van der Waals surface area contributed by atoms with Gasteiger partial charge in [-0.3, -0.25) is 0 Å². The Morgan fingerprint density at radius 1 is 1.18 bits per heavy atom. The molecule has 0 radical (unpaired) electrons. The minimum atomic E-state index is 0.0834. The van der Waals surface area contributed by atoms with Crippen molar-refractivity contribution >= 4 is 0 Å². The van der Waals surface area contributed by atoms with Crippen LogP contribution in [0, 0.1) is 5.92 Å². The fourth-order valence-corrected chi connectivity index (χ4v) is 1.84. The highest BCUT2D eigenvalue weighted by molar-refractivity contribution is 4.95. The summed E-state index contributed by atoms with van der Waals surface area (Å²) >= 11 is 0. The molecule has 1 aliphatic rings. The monoisotopic (exact) mass is 245 g/mol. The Labute approximate surface area is 105 Å². The summed E-state index contributed by atoms with van der Waals surface area (Å²) in [6.07, 6.45) is 2.17. The Hall–Kier alpha value is -0.160. The normalized spacial score (nSPS) is 28.4. The summed E-state index contributed by atoms with van der Waals surface area (Å²) in [4.78, 5) is 0. The van der Waals surface area contributed by atoms with Crippen molar-refractivity contribution in [3.05, 3.63) is 0 Å². The van der Waals surface area contributed by atoms with Crippen LogP contribution in [0.5, 0.6) is 0 Å². The second-order valence-electron chi connectivity index (χ2n) is 5.11. The van der Waals surface area contributed by atoms with E-state index in [-0.39, 0.29) is 18.2 Å². The van der Waals surface area contributed by atoms with E-state index in [4.69, 9.17) is 19.9 Å². The van der Waals surface area contributed by atoms with Crippen LogP contribution in [-0.4, -0.2) is 44.7 Å². The lowest BCUT2D eigenvalue weighted by atomic mass is 9.86. The smallest absolute Gasteiger partial charge is 0.0988 e. The first kappa shape index (κ1) is 14.9. The Kier molecular flexibility index (Phi) is 7.04. The fraction of sp³-hybridized carbons (Fsp3) is 1.00. The molecule has 0 aromatic heterocycles. The van der Waals surface area contributed by atoms with Gasteiger partial charge in [0.05, 0.1) is 25.4 Å². The minimum Gasteiger partial charge on any atom is -0.379 e. The maximum absolute atomic E-state index is 5.89. The van der Waals surface area contributed by atoms with Gasteiger partial charge in [0, 0.05) is 19.3 Å². The summed E-state index contributed by atoms with van der Waals surface area (Å²) in [6.45, 7) is 9.23. The zero-order valence-corrected chi connectivity index (χ0v) is 11.4. The van der Waals surface area contributed by atoms with Gasteiger partial charge >= 0.3 is 0 Å². The predicted octanol–water partition coefficient (Wildman–Crippen LogP) is 1.57. The average molecular weight is 245 g/mol. The summed E-state index contributed by atoms with van der Waals surface area (Å²) in [5.41, 5.74) is 5.89. The van der Waals surface area contributed by atoms with Crippen molar-refractivity contribution in [3.8, 4) is 0 Å². The highest BCUT2D eigenvalue weighted by atomic mass is 16.6. The third-order valence-corrected chi connectivity index (χ3v) is 2.82. The summed E-state index contributed by atoms with van der Waals surface area (Å²) in [6, 6.07) is 0.142. The van der Waals surface area contributed by atoms with Crippen LogP contribution in [-0.2, 0) is 14.2 Å². The highest BCUT2D eigenvalue weighted by Crippen LogP contribution is 2.25. The Bertz CT molecular complexity index is 199. The van der Waals surface area contributed by atoms with E-state index in [0.717, 1.165) is 26.1 Å². The van der Waals surface area contributed by atoms with Crippen LogP contribution in [0.4, 0.5) is 0 Å². The van der Waals surface area contributed by atoms with Gasteiger partial charge < -0.3 is 19.9 Å². The van der Waals surface area contributed by atoms with Gasteiger partial charge in [-0.15, -0.1) is 0 Å². The lowest BCUT2D eigenvalue weighted by Crippen LogP contribution is -2.58. The Morgan fingerprint density at radius 3 is 2.53 bits per heavy atom. The van der Waals surface area contributed by atoms with Gasteiger partial charge in [-0.2, -0.15) is 0 Å². The number of hydrogen-bond acceptors (Lipinski definition) is 4. The second-order valence-corrected chi connectivity index (χ2v) is 5.11. The molecule has 4 heteroatoms. The van der Waals surface area contributed by atoms with Crippen molar-refractivity contribution in [2.24, 2.45) is 11.7 Å². The van der Waals surface area contributed by atoms with Crippen LogP contribution in [0.3, 0.4) is 0 Å². The average Bonchev–Trinajstić information content (AvgIpc) is 2.27. The molecule has 0 spiro atoms.